The lowest BCUT2D eigenvalue weighted by molar-refractivity contribution is 0.0314. The molecule has 1 aromatic rings. The van der Waals surface area contributed by atoms with E-state index in [0.29, 0.717) is 31.1 Å². The van der Waals surface area contributed by atoms with Gasteiger partial charge in [0.15, 0.2) is 0 Å². The molecule has 20 heavy (non-hydrogen) atoms. The van der Waals surface area contributed by atoms with E-state index in [0.717, 1.165) is 25.9 Å². The standard InChI is InChI=1S/C13H23N5O2/c1-4-7-19-12-17-10(14-3)16-11(18-12)15-9-13(2)6-5-8-20-13/h4-9H2,1-3H3,(H2,14,15,16,17,18). The molecule has 0 spiro atoms. The number of anilines is 2. The lowest BCUT2D eigenvalue weighted by atomic mass is 10.0. The van der Waals surface area contributed by atoms with Gasteiger partial charge in [-0.25, -0.2) is 0 Å². The van der Waals surface area contributed by atoms with Gasteiger partial charge in [0, 0.05) is 20.2 Å². The van der Waals surface area contributed by atoms with E-state index in [4.69, 9.17) is 9.47 Å². The van der Waals surface area contributed by atoms with Gasteiger partial charge in [-0.15, -0.1) is 0 Å². The van der Waals surface area contributed by atoms with Crippen molar-refractivity contribution < 1.29 is 9.47 Å². The molecule has 0 saturated carbocycles. The van der Waals surface area contributed by atoms with Crippen LogP contribution in [0.1, 0.15) is 33.1 Å². The Morgan fingerprint density at radius 3 is 2.75 bits per heavy atom. The highest BCUT2D eigenvalue weighted by molar-refractivity contribution is 5.35. The van der Waals surface area contributed by atoms with Crippen LogP contribution >= 0.6 is 0 Å². The summed E-state index contributed by atoms with van der Waals surface area (Å²) in [7, 11) is 1.77. The van der Waals surface area contributed by atoms with Crippen LogP contribution in [-0.4, -0.2) is 47.4 Å². The molecule has 1 aliphatic heterocycles. The van der Waals surface area contributed by atoms with E-state index < -0.39 is 0 Å². The molecule has 2 rings (SSSR count). The van der Waals surface area contributed by atoms with Gasteiger partial charge in [0.2, 0.25) is 11.9 Å². The van der Waals surface area contributed by atoms with Gasteiger partial charge in [-0.3, -0.25) is 0 Å². The Bertz CT molecular complexity index is 435. The van der Waals surface area contributed by atoms with Gasteiger partial charge in [0.1, 0.15) is 0 Å². The highest BCUT2D eigenvalue weighted by atomic mass is 16.5. The van der Waals surface area contributed by atoms with E-state index in [1.165, 1.54) is 0 Å². The van der Waals surface area contributed by atoms with Gasteiger partial charge in [-0.1, -0.05) is 6.92 Å². The molecule has 2 heterocycles. The first-order chi connectivity index (χ1) is 9.65. The number of nitrogens with one attached hydrogen (secondary N) is 2. The maximum absolute atomic E-state index is 5.73. The Morgan fingerprint density at radius 1 is 1.30 bits per heavy atom. The minimum Gasteiger partial charge on any atom is -0.463 e. The normalized spacial score (nSPS) is 21.8. The summed E-state index contributed by atoms with van der Waals surface area (Å²) in [6, 6.07) is 0.339. The molecular weight excluding hydrogens is 258 g/mol. The molecule has 1 fully saturated rings. The number of rotatable bonds is 7. The van der Waals surface area contributed by atoms with Crippen molar-refractivity contribution in [2.45, 2.75) is 38.7 Å². The van der Waals surface area contributed by atoms with Crippen molar-refractivity contribution in [1.82, 2.24) is 15.0 Å². The first-order valence-corrected chi connectivity index (χ1v) is 7.10. The number of ether oxygens (including phenoxy) is 2. The van der Waals surface area contributed by atoms with Crippen LogP contribution in [0.3, 0.4) is 0 Å². The molecule has 1 aromatic heterocycles. The molecule has 1 saturated heterocycles. The highest BCUT2D eigenvalue weighted by Crippen LogP contribution is 2.25. The molecule has 0 radical (unpaired) electrons. The van der Waals surface area contributed by atoms with E-state index in [2.05, 4.69) is 32.5 Å². The molecule has 0 amide bonds. The zero-order valence-electron chi connectivity index (χ0n) is 12.4. The predicted molar refractivity (Wildman–Crippen MR) is 77.2 cm³/mol. The van der Waals surface area contributed by atoms with Gasteiger partial charge in [-0.05, 0) is 26.2 Å². The summed E-state index contributed by atoms with van der Waals surface area (Å²) in [6.45, 7) is 6.22. The summed E-state index contributed by atoms with van der Waals surface area (Å²) in [4.78, 5) is 12.7. The van der Waals surface area contributed by atoms with Crippen LogP contribution in [0, 0.1) is 0 Å². The minimum atomic E-state index is -0.142. The second-order valence-electron chi connectivity index (χ2n) is 5.12. The van der Waals surface area contributed by atoms with Gasteiger partial charge < -0.3 is 20.1 Å². The van der Waals surface area contributed by atoms with Crippen LogP contribution in [0.4, 0.5) is 11.9 Å². The first kappa shape index (κ1) is 14.8. The van der Waals surface area contributed by atoms with Crippen LogP contribution in [0.15, 0.2) is 0 Å². The second-order valence-corrected chi connectivity index (χ2v) is 5.12. The largest absolute Gasteiger partial charge is 0.463 e. The van der Waals surface area contributed by atoms with Gasteiger partial charge in [-0.2, -0.15) is 15.0 Å². The molecule has 0 aromatic carbocycles. The Kier molecular flexibility index (Phi) is 4.94. The average Bonchev–Trinajstić information content (AvgIpc) is 2.90. The van der Waals surface area contributed by atoms with Gasteiger partial charge >= 0.3 is 6.01 Å². The third-order valence-electron chi connectivity index (χ3n) is 3.19. The smallest absolute Gasteiger partial charge is 0.323 e. The SMILES string of the molecule is CCCOc1nc(NC)nc(NCC2(C)CCCO2)n1. The predicted octanol–water partition coefficient (Wildman–Crippen LogP) is 1.68. The maximum atomic E-state index is 5.73. The van der Waals surface area contributed by atoms with Crippen LogP contribution in [0.5, 0.6) is 6.01 Å². The van der Waals surface area contributed by atoms with E-state index in [1.807, 2.05) is 6.92 Å². The summed E-state index contributed by atoms with van der Waals surface area (Å²) in [6.07, 6.45) is 3.06. The number of nitrogens with zero attached hydrogens (tertiary/aromatic N) is 3. The van der Waals surface area contributed by atoms with E-state index in [9.17, 15) is 0 Å². The summed E-state index contributed by atoms with van der Waals surface area (Å²) in [5.41, 5.74) is -0.142. The van der Waals surface area contributed by atoms with Crippen molar-refractivity contribution in [3.05, 3.63) is 0 Å². The van der Waals surface area contributed by atoms with E-state index in [-0.39, 0.29) is 5.60 Å². The van der Waals surface area contributed by atoms with Gasteiger partial charge in [0.25, 0.3) is 0 Å². The Labute approximate surface area is 119 Å². The number of aromatic nitrogens is 3. The Balaban J connectivity index is 2.01. The van der Waals surface area contributed by atoms with Gasteiger partial charge in [0.05, 0.1) is 12.2 Å². The molecule has 0 aliphatic carbocycles. The van der Waals surface area contributed by atoms with Crippen molar-refractivity contribution in [3.8, 4) is 6.01 Å². The number of hydrogen-bond donors (Lipinski definition) is 2. The first-order valence-electron chi connectivity index (χ1n) is 7.10. The molecule has 7 nitrogen and oxygen atoms in total. The van der Waals surface area contributed by atoms with Crippen LogP contribution in [0.2, 0.25) is 0 Å². The zero-order chi connectivity index (χ0) is 14.4. The van der Waals surface area contributed by atoms with Crippen LogP contribution < -0.4 is 15.4 Å². The molecule has 7 heteroatoms. The van der Waals surface area contributed by atoms with Crippen molar-refractivity contribution in [1.29, 1.82) is 0 Å². The average molecular weight is 281 g/mol. The molecule has 0 bridgehead atoms. The zero-order valence-corrected chi connectivity index (χ0v) is 12.4. The fraction of sp³-hybridized carbons (Fsp3) is 0.769. The van der Waals surface area contributed by atoms with Crippen LogP contribution in [-0.2, 0) is 4.74 Å². The molecule has 1 atom stereocenters. The summed E-state index contributed by atoms with van der Waals surface area (Å²) >= 11 is 0. The topological polar surface area (TPSA) is 81.2 Å². The van der Waals surface area contributed by atoms with E-state index >= 15 is 0 Å². The molecule has 1 unspecified atom stereocenters. The van der Waals surface area contributed by atoms with E-state index in [1.54, 1.807) is 7.05 Å². The molecule has 1 aliphatic rings. The summed E-state index contributed by atoms with van der Waals surface area (Å²) < 4.78 is 11.2. The third kappa shape index (κ3) is 3.93. The fourth-order valence-corrected chi connectivity index (χ4v) is 2.05. The van der Waals surface area contributed by atoms with Crippen molar-refractivity contribution >= 4 is 11.9 Å². The van der Waals surface area contributed by atoms with Crippen molar-refractivity contribution in [2.24, 2.45) is 0 Å². The monoisotopic (exact) mass is 281 g/mol. The fourth-order valence-electron chi connectivity index (χ4n) is 2.05. The Hall–Kier alpha value is -1.63. The molecule has 2 N–H and O–H groups in total. The molecular formula is C13H23N5O2. The lowest BCUT2D eigenvalue weighted by Crippen LogP contribution is -2.33. The summed E-state index contributed by atoms with van der Waals surface area (Å²) in [5.74, 6) is 0.998. The summed E-state index contributed by atoms with van der Waals surface area (Å²) in [5, 5.41) is 6.12. The highest BCUT2D eigenvalue weighted by Gasteiger charge is 2.29. The van der Waals surface area contributed by atoms with Crippen molar-refractivity contribution in [3.63, 3.8) is 0 Å². The Morgan fingerprint density at radius 2 is 2.10 bits per heavy atom. The number of hydrogen-bond acceptors (Lipinski definition) is 7. The lowest BCUT2D eigenvalue weighted by Gasteiger charge is -2.23. The maximum Gasteiger partial charge on any atom is 0.323 e. The van der Waals surface area contributed by atoms with Crippen molar-refractivity contribution in [2.75, 3.05) is 37.4 Å². The van der Waals surface area contributed by atoms with Crippen LogP contribution in [0.25, 0.3) is 0 Å². The quantitative estimate of drug-likeness (QED) is 0.787. The second kappa shape index (κ2) is 6.69. The minimum absolute atomic E-state index is 0.142. The molecule has 112 valence electrons. The third-order valence-corrected chi connectivity index (χ3v) is 3.19.